The molecule has 0 spiro atoms. The third-order valence-corrected chi connectivity index (χ3v) is 7.86. The van der Waals surface area contributed by atoms with Gasteiger partial charge in [0.1, 0.15) is 28.1 Å². The van der Waals surface area contributed by atoms with Crippen LogP contribution >= 0.6 is 34.2 Å². The Morgan fingerprint density at radius 2 is 1.97 bits per heavy atom. The van der Waals surface area contributed by atoms with Gasteiger partial charge in [-0.3, -0.25) is 9.20 Å². The fourth-order valence-electron chi connectivity index (χ4n) is 3.41. The van der Waals surface area contributed by atoms with E-state index in [4.69, 9.17) is 21.9 Å². The summed E-state index contributed by atoms with van der Waals surface area (Å²) in [6.45, 7) is 2.05. The van der Waals surface area contributed by atoms with Gasteiger partial charge in [-0.25, -0.2) is 23.7 Å². The Bertz CT molecular complexity index is 1330. The van der Waals surface area contributed by atoms with Gasteiger partial charge < -0.3 is 10.3 Å². The molecule has 178 valence electrons. The van der Waals surface area contributed by atoms with Crippen LogP contribution in [0.1, 0.15) is 19.4 Å². The molecule has 2 aromatic heterocycles. The van der Waals surface area contributed by atoms with Crippen LogP contribution in [0.25, 0.3) is 22.8 Å². The van der Waals surface area contributed by atoms with Crippen molar-refractivity contribution in [3.63, 3.8) is 0 Å². The van der Waals surface area contributed by atoms with Gasteiger partial charge in [0, 0.05) is 29.6 Å². The third kappa shape index (κ3) is 4.15. The van der Waals surface area contributed by atoms with E-state index in [2.05, 4.69) is 25.1 Å². The van der Waals surface area contributed by atoms with Gasteiger partial charge in [-0.1, -0.05) is 39.3 Å². The number of aromatic nitrogens is 3. The standard InChI is InChI=1S/C21H18ClF2IN6O2S/c1-20(2)18(26)30-21(9-23,19(29-10-25)34(20)32)13-5-11(3-4-14(13)24)16-6-15(31-33-16)17-27-7-12(22)8-28-17/h3-8H,9-10H2,1-2H3,(H2,26,30)/t21-,34+/m1/s1. The van der Waals surface area contributed by atoms with Crippen LogP contribution in [0.5, 0.6) is 0 Å². The summed E-state index contributed by atoms with van der Waals surface area (Å²) in [5.41, 5.74) is 4.66. The predicted octanol–water partition coefficient (Wildman–Crippen LogP) is 4.45. The molecule has 0 saturated carbocycles. The Kier molecular flexibility index (Phi) is 6.84. The van der Waals surface area contributed by atoms with Crippen molar-refractivity contribution < 1.29 is 17.5 Å². The second-order valence-electron chi connectivity index (χ2n) is 7.85. The normalized spacial score (nSPS) is 23.2. The van der Waals surface area contributed by atoms with Crippen LogP contribution in [0, 0.1) is 5.82 Å². The number of halogens is 4. The molecular formula is C21H18ClF2IN6O2S. The lowest BCUT2D eigenvalue weighted by Gasteiger charge is -2.39. The van der Waals surface area contributed by atoms with Gasteiger partial charge in [0.15, 0.2) is 22.8 Å². The molecule has 13 heteroatoms. The van der Waals surface area contributed by atoms with Crippen LogP contribution in [0.2, 0.25) is 5.02 Å². The maximum Gasteiger partial charge on any atom is 0.181 e. The first kappa shape index (κ1) is 24.8. The van der Waals surface area contributed by atoms with Crippen molar-refractivity contribution >= 4 is 55.9 Å². The van der Waals surface area contributed by atoms with Gasteiger partial charge in [0.2, 0.25) is 0 Å². The van der Waals surface area contributed by atoms with Crippen LogP contribution in [-0.4, -0.2) is 46.2 Å². The Labute approximate surface area is 214 Å². The highest BCUT2D eigenvalue weighted by Crippen LogP contribution is 2.40. The zero-order valence-electron chi connectivity index (χ0n) is 17.9. The van der Waals surface area contributed by atoms with Crippen LogP contribution in [0.3, 0.4) is 0 Å². The van der Waals surface area contributed by atoms with Crippen molar-refractivity contribution in [2.45, 2.75) is 24.1 Å². The Morgan fingerprint density at radius 1 is 1.26 bits per heavy atom. The summed E-state index contributed by atoms with van der Waals surface area (Å²) >= 11 is 7.76. The van der Waals surface area contributed by atoms with E-state index >= 15 is 4.39 Å². The van der Waals surface area contributed by atoms with Crippen LogP contribution in [0.15, 0.2) is 51.2 Å². The molecule has 1 aliphatic rings. The molecule has 0 saturated heterocycles. The number of benzene rings is 1. The molecule has 0 amide bonds. The fraction of sp³-hybridized carbons (Fsp3) is 0.286. The number of hydrogen-bond donors (Lipinski definition) is 1. The number of aliphatic imine (C=N–C) groups is 2. The lowest BCUT2D eigenvalue weighted by molar-refractivity contribution is 0.379. The van der Waals surface area contributed by atoms with E-state index < -0.39 is 33.6 Å². The molecule has 0 unspecified atom stereocenters. The zero-order chi connectivity index (χ0) is 24.7. The first-order chi connectivity index (χ1) is 16.1. The lowest BCUT2D eigenvalue weighted by Crippen LogP contribution is -2.56. The summed E-state index contributed by atoms with van der Waals surface area (Å²) in [4.78, 5) is 16.8. The van der Waals surface area contributed by atoms with Gasteiger partial charge in [-0.15, -0.1) is 0 Å². The molecule has 3 aromatic rings. The van der Waals surface area contributed by atoms with Gasteiger partial charge in [0.25, 0.3) is 0 Å². The second kappa shape index (κ2) is 9.38. The molecular weight excluding hydrogens is 601 g/mol. The smallest absolute Gasteiger partial charge is 0.181 e. The van der Waals surface area contributed by atoms with Crippen LogP contribution in [0.4, 0.5) is 8.78 Å². The monoisotopic (exact) mass is 618 g/mol. The molecule has 1 aromatic carbocycles. The van der Waals surface area contributed by atoms with Crippen molar-refractivity contribution in [3.8, 4) is 22.8 Å². The number of amidine groups is 1. The average Bonchev–Trinajstić information content (AvgIpc) is 3.31. The molecule has 1 aliphatic heterocycles. The van der Waals surface area contributed by atoms with Gasteiger partial charge in [0.05, 0.1) is 20.4 Å². The van der Waals surface area contributed by atoms with Crippen molar-refractivity contribution in [1.82, 2.24) is 15.1 Å². The number of hydrogen-bond acceptors (Lipinski definition) is 8. The summed E-state index contributed by atoms with van der Waals surface area (Å²) in [5, 5.41) is 4.24. The largest absolute Gasteiger partial charge is 0.386 e. The Hall–Kier alpha value is -2.32. The van der Waals surface area contributed by atoms with Crippen LogP contribution < -0.4 is 5.73 Å². The molecule has 0 aliphatic carbocycles. The number of alkyl halides is 2. The summed E-state index contributed by atoms with van der Waals surface area (Å²) in [6, 6.07) is 5.53. The predicted molar refractivity (Wildman–Crippen MR) is 136 cm³/mol. The first-order valence-electron chi connectivity index (χ1n) is 9.83. The van der Waals surface area contributed by atoms with Crippen molar-refractivity contribution in [1.29, 1.82) is 0 Å². The number of rotatable bonds is 5. The van der Waals surface area contributed by atoms with E-state index in [1.807, 2.05) is 22.6 Å². The average molecular weight is 619 g/mol. The minimum Gasteiger partial charge on any atom is -0.386 e. The van der Waals surface area contributed by atoms with E-state index in [0.717, 1.165) is 6.07 Å². The number of nitrogens with two attached hydrogens (primary N) is 1. The summed E-state index contributed by atoms with van der Waals surface area (Å²) in [5.74, 6) is -0.273. The van der Waals surface area contributed by atoms with E-state index in [0.29, 0.717) is 16.3 Å². The molecule has 0 fully saturated rings. The highest BCUT2D eigenvalue weighted by molar-refractivity contribution is 14.1. The SMILES string of the molecule is CC1(C)C(N)=N[C@](CF)(c2cc(-c3cc(-c4ncc(Cl)cn4)no3)ccc2F)C(=NCI)[S@@]1=O. The molecule has 3 heterocycles. The van der Waals surface area contributed by atoms with Gasteiger partial charge in [-0.2, -0.15) is 0 Å². The topological polar surface area (TPSA) is 120 Å². The molecule has 2 N–H and O–H groups in total. The summed E-state index contributed by atoms with van der Waals surface area (Å²) < 4.78 is 47.7. The van der Waals surface area contributed by atoms with Crippen molar-refractivity contribution in [2.75, 3.05) is 11.2 Å². The van der Waals surface area contributed by atoms with Crippen molar-refractivity contribution in [3.05, 3.63) is 53.1 Å². The lowest BCUT2D eigenvalue weighted by atomic mass is 9.89. The number of nitrogens with zero attached hydrogens (tertiary/aromatic N) is 5. The Morgan fingerprint density at radius 3 is 2.62 bits per heavy atom. The second-order valence-corrected chi connectivity index (χ2v) is 10.9. The van der Waals surface area contributed by atoms with Gasteiger partial charge in [-0.05, 0) is 32.0 Å². The zero-order valence-corrected chi connectivity index (χ0v) is 21.7. The van der Waals surface area contributed by atoms with E-state index in [1.165, 1.54) is 24.5 Å². The highest BCUT2D eigenvalue weighted by atomic mass is 127. The quantitative estimate of drug-likeness (QED) is 0.257. The van der Waals surface area contributed by atoms with Crippen molar-refractivity contribution in [2.24, 2.45) is 15.7 Å². The van der Waals surface area contributed by atoms with E-state index in [1.54, 1.807) is 19.9 Å². The molecule has 34 heavy (non-hydrogen) atoms. The maximum atomic E-state index is 15.2. The molecule has 8 nitrogen and oxygen atoms in total. The van der Waals surface area contributed by atoms with Crippen LogP contribution in [-0.2, 0) is 16.3 Å². The highest BCUT2D eigenvalue weighted by Gasteiger charge is 2.52. The molecule has 0 bridgehead atoms. The molecule has 2 atom stereocenters. The fourth-order valence-corrected chi connectivity index (χ4v) is 5.50. The summed E-state index contributed by atoms with van der Waals surface area (Å²) in [7, 11) is -1.85. The molecule has 0 radical (unpaired) electrons. The minimum absolute atomic E-state index is 0.0532. The third-order valence-electron chi connectivity index (χ3n) is 5.37. The maximum absolute atomic E-state index is 15.2. The molecule has 4 rings (SSSR count). The Balaban J connectivity index is 1.86. The summed E-state index contributed by atoms with van der Waals surface area (Å²) in [6.07, 6.45) is 2.83. The van der Waals surface area contributed by atoms with E-state index in [9.17, 15) is 8.60 Å². The van der Waals surface area contributed by atoms with Gasteiger partial charge >= 0.3 is 0 Å². The first-order valence-corrected chi connectivity index (χ1v) is 12.9. The van der Waals surface area contributed by atoms with E-state index in [-0.39, 0.29) is 32.6 Å². The minimum atomic E-state index is -1.97.